The fraction of sp³-hybridized carbons (Fsp3) is 0.161. The summed E-state index contributed by atoms with van der Waals surface area (Å²) in [5, 5.41) is 0. The lowest BCUT2D eigenvalue weighted by Crippen LogP contribution is -2.25. The molecule has 4 aromatic rings. The van der Waals surface area contributed by atoms with Crippen LogP contribution < -0.4 is 9.47 Å². The Hall–Kier alpha value is -4.73. The summed E-state index contributed by atoms with van der Waals surface area (Å²) in [6, 6.07) is 3.20. The summed E-state index contributed by atoms with van der Waals surface area (Å²) >= 11 is 0. The van der Waals surface area contributed by atoms with Crippen molar-refractivity contribution in [2.24, 2.45) is 0 Å². The van der Waals surface area contributed by atoms with Crippen LogP contribution in [0.25, 0.3) is 11.1 Å². The van der Waals surface area contributed by atoms with Gasteiger partial charge >= 0.3 is 6.11 Å². The van der Waals surface area contributed by atoms with Crippen molar-refractivity contribution in [3.8, 4) is 34.5 Å². The van der Waals surface area contributed by atoms with Crippen molar-refractivity contribution in [1.82, 2.24) is 0 Å². The second-order valence-corrected chi connectivity index (χ2v) is 9.16. The number of ether oxygens (including phenoxy) is 2. The summed E-state index contributed by atoms with van der Waals surface area (Å²) in [4.78, 5) is 0. The minimum Gasteiger partial charge on any atom is -0.493 e. The highest BCUT2D eigenvalue weighted by atomic mass is 19.3. The zero-order valence-electron chi connectivity index (χ0n) is 22.2. The molecule has 13 heteroatoms. The highest BCUT2D eigenvalue weighted by Gasteiger charge is 2.42. The molecule has 0 spiro atoms. The number of alkyl halides is 2. The molecule has 0 aliphatic rings. The maximum absolute atomic E-state index is 14.9. The van der Waals surface area contributed by atoms with E-state index in [1.165, 1.54) is 0 Å². The van der Waals surface area contributed by atoms with Gasteiger partial charge in [-0.1, -0.05) is 25.2 Å². The van der Waals surface area contributed by atoms with E-state index in [-0.39, 0.29) is 36.6 Å². The monoisotopic (exact) mass is 630 g/mol. The van der Waals surface area contributed by atoms with Crippen LogP contribution in [0.3, 0.4) is 0 Å². The fourth-order valence-electron chi connectivity index (χ4n) is 3.93. The Labute approximate surface area is 242 Å². The molecule has 0 fully saturated rings. The molecule has 44 heavy (non-hydrogen) atoms. The molecule has 0 bridgehead atoms. The summed E-state index contributed by atoms with van der Waals surface area (Å²) in [7, 11) is 0. The van der Waals surface area contributed by atoms with E-state index in [4.69, 9.17) is 4.74 Å². The van der Waals surface area contributed by atoms with E-state index >= 15 is 0 Å². The molecule has 2 nitrogen and oxygen atoms in total. The van der Waals surface area contributed by atoms with Gasteiger partial charge in [-0.15, -0.1) is 0 Å². The molecule has 0 saturated carbocycles. The van der Waals surface area contributed by atoms with E-state index in [2.05, 4.69) is 16.6 Å². The highest BCUT2D eigenvalue weighted by molar-refractivity contribution is 5.67. The summed E-state index contributed by atoms with van der Waals surface area (Å²) in [5.41, 5.74) is -5.21. The minimum absolute atomic E-state index is 0.00651. The van der Waals surface area contributed by atoms with E-state index in [0.29, 0.717) is 18.6 Å². The van der Waals surface area contributed by atoms with Gasteiger partial charge < -0.3 is 9.47 Å². The second kappa shape index (κ2) is 12.9. The summed E-state index contributed by atoms with van der Waals surface area (Å²) < 4.78 is 166. The van der Waals surface area contributed by atoms with Gasteiger partial charge in [0.15, 0.2) is 17.5 Å². The van der Waals surface area contributed by atoms with Crippen molar-refractivity contribution in [2.45, 2.75) is 25.9 Å². The normalized spacial score (nSPS) is 11.3. The lowest BCUT2D eigenvalue weighted by Gasteiger charge is -2.20. The van der Waals surface area contributed by atoms with Crippen LogP contribution >= 0.6 is 0 Å². The van der Waals surface area contributed by atoms with Crippen LogP contribution in [0.4, 0.5) is 48.3 Å². The molecule has 0 heterocycles. The first-order valence-electron chi connectivity index (χ1n) is 12.6. The maximum Gasteiger partial charge on any atom is 0.432 e. The van der Waals surface area contributed by atoms with Crippen molar-refractivity contribution < 1.29 is 57.8 Å². The predicted octanol–water partition coefficient (Wildman–Crippen LogP) is 9.31. The van der Waals surface area contributed by atoms with Crippen molar-refractivity contribution in [1.29, 1.82) is 0 Å². The third-order valence-electron chi connectivity index (χ3n) is 5.98. The lowest BCUT2D eigenvalue weighted by atomic mass is 9.99. The van der Waals surface area contributed by atoms with E-state index in [9.17, 15) is 48.3 Å². The first-order valence-corrected chi connectivity index (χ1v) is 12.6. The molecule has 0 atom stereocenters. The van der Waals surface area contributed by atoms with Crippen LogP contribution in [-0.4, -0.2) is 6.61 Å². The Morgan fingerprint density at radius 1 is 0.614 bits per heavy atom. The van der Waals surface area contributed by atoms with Gasteiger partial charge in [0, 0.05) is 29.8 Å². The topological polar surface area (TPSA) is 18.5 Å². The van der Waals surface area contributed by atoms with Crippen LogP contribution in [0.1, 0.15) is 36.5 Å². The Kier molecular flexibility index (Phi) is 9.42. The third kappa shape index (κ3) is 6.90. The average molecular weight is 630 g/mol. The zero-order valence-corrected chi connectivity index (χ0v) is 22.2. The maximum atomic E-state index is 14.9. The third-order valence-corrected chi connectivity index (χ3v) is 5.98. The smallest absolute Gasteiger partial charge is 0.432 e. The van der Waals surface area contributed by atoms with Crippen molar-refractivity contribution in [3.63, 3.8) is 0 Å². The summed E-state index contributed by atoms with van der Waals surface area (Å²) in [6.07, 6.45) is -3.50. The van der Waals surface area contributed by atoms with Crippen LogP contribution in [-0.2, 0) is 6.11 Å². The molecular weight excluding hydrogens is 613 g/mol. The molecule has 0 radical (unpaired) electrons. The van der Waals surface area contributed by atoms with E-state index in [1.807, 2.05) is 6.92 Å². The fourth-order valence-corrected chi connectivity index (χ4v) is 3.93. The number of benzene rings is 4. The van der Waals surface area contributed by atoms with E-state index in [0.717, 1.165) is 18.6 Å². The van der Waals surface area contributed by atoms with Crippen LogP contribution in [0.2, 0.25) is 0 Å². The van der Waals surface area contributed by atoms with Gasteiger partial charge in [0.05, 0.1) is 17.7 Å². The predicted molar refractivity (Wildman–Crippen MR) is 135 cm³/mol. The second-order valence-electron chi connectivity index (χ2n) is 9.16. The van der Waals surface area contributed by atoms with Crippen molar-refractivity contribution >= 4 is 0 Å². The first-order chi connectivity index (χ1) is 20.7. The SMILES string of the molecule is CCCCOc1cc(F)c(C#Cc2cc(F)c(-c3cc(F)c(C(F)(F)Oc4cc(F)c(F)c(F)c4)c(F)c3)c(F)c2)c(F)c1. The lowest BCUT2D eigenvalue weighted by molar-refractivity contribution is -0.189. The Morgan fingerprint density at radius 2 is 1.14 bits per heavy atom. The van der Waals surface area contributed by atoms with Gasteiger partial charge in [0.1, 0.15) is 52.0 Å². The summed E-state index contributed by atoms with van der Waals surface area (Å²) in [5.74, 6) is -12.3. The van der Waals surface area contributed by atoms with Gasteiger partial charge in [-0.25, -0.2) is 39.5 Å². The van der Waals surface area contributed by atoms with Gasteiger partial charge in [-0.2, -0.15) is 8.78 Å². The number of rotatable bonds is 8. The molecule has 0 N–H and O–H groups in total. The van der Waals surface area contributed by atoms with Crippen LogP contribution in [0.15, 0.2) is 48.5 Å². The van der Waals surface area contributed by atoms with Crippen molar-refractivity contribution in [2.75, 3.05) is 6.61 Å². The van der Waals surface area contributed by atoms with E-state index < -0.39 is 92.0 Å². The number of hydrogen-bond acceptors (Lipinski definition) is 2. The molecule has 0 aliphatic carbocycles. The van der Waals surface area contributed by atoms with Gasteiger partial charge in [0.25, 0.3) is 0 Å². The van der Waals surface area contributed by atoms with Gasteiger partial charge in [-0.05, 0) is 36.2 Å². The molecular formula is C31H17F11O2. The van der Waals surface area contributed by atoms with Gasteiger partial charge in [-0.3, -0.25) is 0 Å². The molecule has 0 aromatic heterocycles. The number of unbranched alkanes of at least 4 members (excludes halogenated alkanes) is 1. The van der Waals surface area contributed by atoms with Gasteiger partial charge in [0.2, 0.25) is 0 Å². The quantitative estimate of drug-likeness (QED) is 0.0837. The molecule has 0 amide bonds. The molecule has 4 rings (SSSR count). The van der Waals surface area contributed by atoms with Crippen LogP contribution in [0.5, 0.6) is 11.5 Å². The zero-order chi connectivity index (χ0) is 32.3. The summed E-state index contributed by atoms with van der Waals surface area (Å²) in [6.45, 7) is 2.11. The standard InChI is InChI=1S/C31H17F11O2/c1-2-3-6-43-17-11-20(32)19(21(33)12-17)5-4-15-7-22(34)28(23(35)8-15)16-9-24(36)29(25(37)10-16)31(41,42)44-18-13-26(38)30(40)27(39)14-18/h7-14H,2-3,6H2,1H3. The Balaban J connectivity index is 1.63. The number of hydrogen-bond donors (Lipinski definition) is 0. The molecule has 0 aliphatic heterocycles. The number of halogens is 11. The van der Waals surface area contributed by atoms with E-state index in [1.54, 1.807) is 0 Å². The van der Waals surface area contributed by atoms with Crippen LogP contribution in [0, 0.1) is 64.2 Å². The molecule has 0 unspecified atom stereocenters. The highest BCUT2D eigenvalue weighted by Crippen LogP contribution is 2.38. The molecule has 230 valence electrons. The Morgan fingerprint density at radius 3 is 1.66 bits per heavy atom. The average Bonchev–Trinajstić information content (AvgIpc) is 2.90. The minimum atomic E-state index is -4.93. The Bertz CT molecular complexity index is 1700. The van der Waals surface area contributed by atoms with Crippen molar-refractivity contribution in [3.05, 3.63) is 118 Å². The largest absolute Gasteiger partial charge is 0.493 e. The first kappa shape index (κ1) is 32.2. The molecule has 0 saturated heterocycles. The molecule has 4 aromatic carbocycles.